The van der Waals surface area contributed by atoms with Gasteiger partial charge in [0.05, 0.1) is 12.7 Å². The van der Waals surface area contributed by atoms with Crippen LogP contribution >= 0.6 is 0 Å². The Morgan fingerprint density at radius 2 is 1.82 bits per heavy atom. The van der Waals surface area contributed by atoms with Crippen LogP contribution in [0.3, 0.4) is 0 Å². The van der Waals surface area contributed by atoms with Crippen LogP contribution in [-0.4, -0.2) is 25.0 Å². The molecule has 1 aliphatic rings. The molecular weight excluding hydrogens is 433 g/mol. The summed E-state index contributed by atoms with van der Waals surface area (Å²) in [6.45, 7) is 0. The highest BCUT2D eigenvalue weighted by Gasteiger charge is 2.37. The summed E-state index contributed by atoms with van der Waals surface area (Å²) < 4.78 is 45.5. The van der Waals surface area contributed by atoms with Gasteiger partial charge in [-0.15, -0.1) is 6.42 Å². The van der Waals surface area contributed by atoms with Crippen molar-refractivity contribution in [3.8, 4) is 18.1 Å². The molecule has 8 heteroatoms. The fraction of sp³-hybridized carbons (Fsp3) is 0.360. The molecular formula is C25H25F3N2O3. The van der Waals surface area contributed by atoms with E-state index in [-0.39, 0.29) is 11.7 Å². The van der Waals surface area contributed by atoms with E-state index in [1.165, 1.54) is 19.2 Å². The number of nitrogens with zero attached hydrogens (tertiary/aromatic N) is 1. The SMILES string of the molecule is C#CC(=O)N(c1cccc(C(F)(F)F)c1)C(C(=O)NC1CCCCC1)c1ccccc1OC. The molecule has 1 N–H and O–H groups in total. The topological polar surface area (TPSA) is 58.6 Å². The number of rotatable bonds is 6. The number of methoxy groups -OCH3 is 1. The van der Waals surface area contributed by atoms with E-state index in [2.05, 4.69) is 5.32 Å². The van der Waals surface area contributed by atoms with Crippen LogP contribution in [0.4, 0.5) is 18.9 Å². The zero-order chi connectivity index (χ0) is 24.0. The molecule has 0 saturated heterocycles. The largest absolute Gasteiger partial charge is 0.496 e. The fourth-order valence-electron chi connectivity index (χ4n) is 4.10. The molecule has 33 heavy (non-hydrogen) atoms. The maximum atomic E-state index is 13.5. The van der Waals surface area contributed by atoms with Crippen LogP contribution in [0.25, 0.3) is 0 Å². The average molecular weight is 458 g/mol. The van der Waals surface area contributed by atoms with Gasteiger partial charge in [-0.05, 0) is 43.0 Å². The molecule has 1 unspecified atom stereocenters. The van der Waals surface area contributed by atoms with Gasteiger partial charge in [-0.25, -0.2) is 0 Å². The molecule has 5 nitrogen and oxygen atoms in total. The van der Waals surface area contributed by atoms with Crippen molar-refractivity contribution in [2.24, 2.45) is 0 Å². The highest BCUT2D eigenvalue weighted by Crippen LogP contribution is 2.37. The number of nitrogens with one attached hydrogen (secondary N) is 1. The Balaban J connectivity index is 2.13. The molecule has 0 heterocycles. The maximum Gasteiger partial charge on any atom is 0.416 e. The highest BCUT2D eigenvalue weighted by molar-refractivity contribution is 6.09. The molecule has 1 fully saturated rings. The Kier molecular flexibility index (Phi) is 7.64. The average Bonchev–Trinajstić information content (AvgIpc) is 2.82. The summed E-state index contributed by atoms with van der Waals surface area (Å²) in [6.07, 6.45) is 5.33. The highest BCUT2D eigenvalue weighted by atomic mass is 19.4. The minimum atomic E-state index is -4.63. The Labute approximate surface area is 190 Å². The molecule has 0 aliphatic heterocycles. The third kappa shape index (κ3) is 5.67. The van der Waals surface area contributed by atoms with Crippen molar-refractivity contribution in [1.29, 1.82) is 0 Å². The molecule has 0 bridgehead atoms. The van der Waals surface area contributed by atoms with Gasteiger partial charge in [0, 0.05) is 17.3 Å². The number of carbonyl (C=O) groups excluding carboxylic acids is 2. The molecule has 2 aromatic carbocycles. The first-order chi connectivity index (χ1) is 15.8. The number of carbonyl (C=O) groups is 2. The number of anilines is 1. The van der Waals surface area contributed by atoms with E-state index in [0.717, 1.165) is 49.1 Å². The van der Waals surface area contributed by atoms with Crippen LogP contribution < -0.4 is 15.0 Å². The van der Waals surface area contributed by atoms with Gasteiger partial charge < -0.3 is 10.1 Å². The molecule has 2 aromatic rings. The first kappa shape index (κ1) is 24.2. The Morgan fingerprint density at radius 3 is 2.45 bits per heavy atom. The van der Waals surface area contributed by atoms with E-state index in [1.54, 1.807) is 24.3 Å². The summed E-state index contributed by atoms with van der Waals surface area (Å²) >= 11 is 0. The molecule has 2 amide bonds. The van der Waals surface area contributed by atoms with Crippen LogP contribution in [-0.2, 0) is 15.8 Å². The molecule has 0 spiro atoms. The number of hydrogen-bond acceptors (Lipinski definition) is 3. The normalized spacial score (nSPS) is 15.2. The Bertz CT molecular complexity index is 1040. The minimum absolute atomic E-state index is 0.0900. The summed E-state index contributed by atoms with van der Waals surface area (Å²) in [5.41, 5.74) is -0.780. The van der Waals surface area contributed by atoms with Crippen LogP contribution in [0.1, 0.15) is 49.3 Å². The van der Waals surface area contributed by atoms with Gasteiger partial charge in [0.2, 0.25) is 5.91 Å². The van der Waals surface area contributed by atoms with Gasteiger partial charge in [-0.3, -0.25) is 14.5 Å². The second kappa shape index (κ2) is 10.4. The summed E-state index contributed by atoms with van der Waals surface area (Å²) in [5.74, 6) is 0.786. The van der Waals surface area contributed by atoms with E-state index >= 15 is 0 Å². The van der Waals surface area contributed by atoms with Crippen molar-refractivity contribution < 1.29 is 27.5 Å². The van der Waals surface area contributed by atoms with Gasteiger partial charge in [0.1, 0.15) is 11.8 Å². The van der Waals surface area contributed by atoms with Gasteiger partial charge in [-0.1, -0.05) is 43.5 Å². The van der Waals surface area contributed by atoms with Crippen molar-refractivity contribution in [1.82, 2.24) is 5.32 Å². The smallest absolute Gasteiger partial charge is 0.416 e. The third-order valence-electron chi connectivity index (χ3n) is 5.69. The van der Waals surface area contributed by atoms with Crippen molar-refractivity contribution >= 4 is 17.5 Å². The van der Waals surface area contributed by atoms with Crippen LogP contribution in [0, 0.1) is 12.3 Å². The van der Waals surface area contributed by atoms with Gasteiger partial charge in [0.25, 0.3) is 0 Å². The van der Waals surface area contributed by atoms with Crippen LogP contribution in [0.15, 0.2) is 48.5 Å². The summed E-state index contributed by atoms with van der Waals surface area (Å²) in [4.78, 5) is 27.3. The third-order valence-corrected chi connectivity index (χ3v) is 5.69. The second-order valence-electron chi connectivity index (χ2n) is 7.86. The van der Waals surface area contributed by atoms with Gasteiger partial charge in [-0.2, -0.15) is 13.2 Å². The van der Waals surface area contributed by atoms with Gasteiger partial charge >= 0.3 is 12.1 Å². The number of amides is 2. The van der Waals surface area contributed by atoms with Crippen molar-refractivity contribution in [3.05, 3.63) is 59.7 Å². The Hall–Kier alpha value is -3.47. The van der Waals surface area contributed by atoms with E-state index in [1.807, 2.05) is 5.92 Å². The molecule has 1 saturated carbocycles. The summed E-state index contributed by atoms with van der Waals surface area (Å²) in [7, 11) is 1.41. The zero-order valence-corrected chi connectivity index (χ0v) is 18.2. The lowest BCUT2D eigenvalue weighted by Crippen LogP contribution is -2.47. The predicted molar refractivity (Wildman–Crippen MR) is 119 cm³/mol. The standard InChI is InChI=1S/C25H25F3N2O3/c1-3-22(31)30(19-13-9-10-17(16-19)25(26,27)28)23(20-14-7-8-15-21(20)33-2)24(32)29-18-11-5-4-6-12-18/h1,7-10,13-16,18,23H,4-6,11-12H2,2H3,(H,29,32). The van der Waals surface area contributed by atoms with Crippen molar-refractivity contribution in [2.45, 2.75) is 50.4 Å². The molecule has 0 aromatic heterocycles. The lowest BCUT2D eigenvalue weighted by Gasteiger charge is -2.33. The van der Waals surface area contributed by atoms with E-state index in [4.69, 9.17) is 11.2 Å². The zero-order valence-electron chi connectivity index (χ0n) is 18.2. The summed E-state index contributed by atoms with van der Waals surface area (Å²) in [6, 6.07) is 9.33. The van der Waals surface area contributed by atoms with E-state index in [0.29, 0.717) is 11.3 Å². The lowest BCUT2D eigenvalue weighted by atomic mass is 9.94. The summed E-state index contributed by atoms with van der Waals surface area (Å²) in [5, 5.41) is 2.96. The van der Waals surface area contributed by atoms with Crippen molar-refractivity contribution in [2.75, 3.05) is 12.0 Å². The monoisotopic (exact) mass is 458 g/mol. The van der Waals surface area contributed by atoms with E-state index in [9.17, 15) is 22.8 Å². The lowest BCUT2D eigenvalue weighted by molar-refractivity contribution is -0.137. The number of benzene rings is 2. The van der Waals surface area contributed by atoms with Crippen molar-refractivity contribution in [3.63, 3.8) is 0 Å². The molecule has 174 valence electrons. The van der Waals surface area contributed by atoms with Crippen LogP contribution in [0.5, 0.6) is 5.75 Å². The minimum Gasteiger partial charge on any atom is -0.496 e. The number of halogens is 3. The first-order valence-electron chi connectivity index (χ1n) is 10.7. The number of para-hydroxylation sites is 1. The molecule has 0 radical (unpaired) electrons. The Morgan fingerprint density at radius 1 is 1.12 bits per heavy atom. The second-order valence-corrected chi connectivity index (χ2v) is 7.86. The number of alkyl halides is 3. The number of terminal acetylenes is 1. The fourth-order valence-corrected chi connectivity index (χ4v) is 4.10. The molecule has 1 atom stereocenters. The number of ether oxygens (including phenoxy) is 1. The van der Waals surface area contributed by atoms with E-state index < -0.39 is 29.6 Å². The quantitative estimate of drug-likeness (QED) is 0.629. The molecule has 3 rings (SSSR count). The predicted octanol–water partition coefficient (Wildman–Crippen LogP) is 4.87. The molecule has 1 aliphatic carbocycles. The van der Waals surface area contributed by atoms with Crippen LogP contribution in [0.2, 0.25) is 0 Å². The first-order valence-corrected chi connectivity index (χ1v) is 10.7. The van der Waals surface area contributed by atoms with Gasteiger partial charge in [0.15, 0.2) is 0 Å². The maximum absolute atomic E-state index is 13.5. The number of hydrogen-bond donors (Lipinski definition) is 1.